The van der Waals surface area contributed by atoms with Gasteiger partial charge >= 0.3 is 5.97 Å². The molecule has 0 bridgehead atoms. The summed E-state index contributed by atoms with van der Waals surface area (Å²) in [5, 5.41) is 11.3. The van der Waals surface area contributed by atoms with Crippen molar-refractivity contribution in [1.82, 2.24) is 0 Å². The average molecular weight is 306 g/mol. The van der Waals surface area contributed by atoms with E-state index in [0.29, 0.717) is 5.69 Å². The molecule has 0 saturated heterocycles. The van der Waals surface area contributed by atoms with E-state index >= 15 is 0 Å². The molecule has 7 heteroatoms. The first kappa shape index (κ1) is 14.9. The summed E-state index contributed by atoms with van der Waals surface area (Å²) < 4.78 is 25.2. The van der Waals surface area contributed by atoms with E-state index in [0.717, 1.165) is 0 Å². The Balaban J connectivity index is 2.47. The largest absolute Gasteiger partial charge is 0.480 e. The number of carbonyl (C=O) groups is 1. The van der Waals surface area contributed by atoms with Crippen LogP contribution in [0.1, 0.15) is 0 Å². The van der Waals surface area contributed by atoms with Crippen molar-refractivity contribution in [1.29, 1.82) is 0 Å². The fraction of sp³-hybridized carbons (Fsp3) is 0.0714. The molecule has 6 nitrogen and oxygen atoms in total. The number of carboxylic acids is 1. The molecule has 0 aromatic heterocycles. The van der Waals surface area contributed by atoms with Crippen LogP contribution in [-0.4, -0.2) is 26.0 Å². The molecule has 0 radical (unpaired) electrons. The summed E-state index contributed by atoms with van der Waals surface area (Å²) in [4.78, 5) is 10.7. The number of sulfone groups is 1. The number of hydrogen-bond acceptors (Lipinski definition) is 5. The van der Waals surface area contributed by atoms with Crippen molar-refractivity contribution < 1.29 is 18.3 Å². The fourth-order valence-corrected chi connectivity index (χ4v) is 3.32. The molecule has 2 rings (SSSR count). The number of benzene rings is 2. The second-order valence-electron chi connectivity index (χ2n) is 4.32. The molecule has 21 heavy (non-hydrogen) atoms. The number of rotatable bonds is 5. The van der Waals surface area contributed by atoms with E-state index in [1.54, 1.807) is 24.3 Å². The van der Waals surface area contributed by atoms with Crippen molar-refractivity contribution in [3.8, 4) is 0 Å². The van der Waals surface area contributed by atoms with Gasteiger partial charge in [-0.3, -0.25) is 4.79 Å². The Hall–Kier alpha value is -2.54. The molecule has 0 atom stereocenters. The molecule has 0 spiro atoms. The number of nitrogens with two attached hydrogens (primary N) is 1. The molecule has 2 aromatic rings. The number of hydrogen-bond donors (Lipinski definition) is 3. The highest BCUT2D eigenvalue weighted by molar-refractivity contribution is 7.91. The lowest BCUT2D eigenvalue weighted by Gasteiger charge is -2.11. The van der Waals surface area contributed by atoms with Crippen molar-refractivity contribution in [3.05, 3.63) is 48.5 Å². The van der Waals surface area contributed by atoms with Gasteiger partial charge < -0.3 is 16.2 Å². The second kappa shape index (κ2) is 5.84. The van der Waals surface area contributed by atoms with E-state index in [2.05, 4.69) is 5.32 Å². The molecule has 0 fully saturated rings. The molecule has 0 aliphatic heterocycles. The normalized spacial score (nSPS) is 11.0. The van der Waals surface area contributed by atoms with Gasteiger partial charge in [-0.05, 0) is 30.3 Å². The Morgan fingerprint density at radius 2 is 1.86 bits per heavy atom. The van der Waals surface area contributed by atoms with Gasteiger partial charge in [-0.2, -0.15) is 0 Å². The number of aliphatic carboxylic acids is 1. The molecule has 0 aliphatic carbocycles. The van der Waals surface area contributed by atoms with Crippen LogP contribution in [-0.2, 0) is 14.6 Å². The SMILES string of the molecule is Nc1cccc(S(=O)(=O)c2ccccc2NCC(=O)O)c1. The van der Waals surface area contributed by atoms with Crippen molar-refractivity contribution in [2.24, 2.45) is 0 Å². The molecule has 0 heterocycles. The summed E-state index contributed by atoms with van der Waals surface area (Å²) in [6, 6.07) is 12.1. The summed E-state index contributed by atoms with van der Waals surface area (Å²) in [5.41, 5.74) is 6.19. The van der Waals surface area contributed by atoms with Gasteiger partial charge in [0, 0.05) is 5.69 Å². The van der Waals surface area contributed by atoms with Gasteiger partial charge in [-0.1, -0.05) is 18.2 Å². The third kappa shape index (κ3) is 3.32. The lowest BCUT2D eigenvalue weighted by Crippen LogP contribution is -2.15. The first-order valence-electron chi connectivity index (χ1n) is 6.06. The topological polar surface area (TPSA) is 109 Å². The minimum Gasteiger partial charge on any atom is -0.480 e. The summed E-state index contributed by atoms with van der Waals surface area (Å²) >= 11 is 0. The molecule has 4 N–H and O–H groups in total. The molecule has 2 aromatic carbocycles. The standard InChI is InChI=1S/C14H14N2O4S/c15-10-4-3-5-11(8-10)21(19,20)13-7-2-1-6-12(13)16-9-14(17)18/h1-8,16H,9,15H2,(H,17,18). The van der Waals surface area contributed by atoms with Crippen molar-refractivity contribution in [3.63, 3.8) is 0 Å². The first-order valence-corrected chi connectivity index (χ1v) is 7.55. The van der Waals surface area contributed by atoms with E-state index in [9.17, 15) is 13.2 Å². The van der Waals surface area contributed by atoms with E-state index < -0.39 is 15.8 Å². The smallest absolute Gasteiger partial charge is 0.322 e. The molecule has 0 amide bonds. The van der Waals surface area contributed by atoms with Crippen LogP contribution in [0.25, 0.3) is 0 Å². The van der Waals surface area contributed by atoms with E-state index in [1.807, 2.05) is 0 Å². The molecular formula is C14H14N2O4S. The minimum atomic E-state index is -3.78. The zero-order valence-corrected chi connectivity index (χ0v) is 11.8. The van der Waals surface area contributed by atoms with Gasteiger partial charge in [0.15, 0.2) is 0 Å². The number of carboxylic acid groups (broad SMARTS) is 1. The van der Waals surface area contributed by atoms with Gasteiger partial charge in [0.05, 0.1) is 15.5 Å². The van der Waals surface area contributed by atoms with Crippen molar-refractivity contribution in [2.45, 2.75) is 9.79 Å². The van der Waals surface area contributed by atoms with E-state index in [1.165, 1.54) is 24.3 Å². The van der Waals surface area contributed by atoms with Gasteiger partial charge in [0.2, 0.25) is 9.84 Å². The number of para-hydroxylation sites is 1. The number of anilines is 2. The predicted octanol–water partition coefficient (Wildman–Crippen LogP) is 1.60. The lowest BCUT2D eigenvalue weighted by atomic mass is 10.3. The Labute approximate surface area is 122 Å². The Kier molecular flexibility index (Phi) is 4.13. The third-order valence-corrected chi connectivity index (χ3v) is 4.58. The van der Waals surface area contributed by atoms with Gasteiger partial charge in [0.25, 0.3) is 0 Å². The van der Waals surface area contributed by atoms with E-state index in [-0.39, 0.29) is 22.0 Å². The van der Waals surface area contributed by atoms with Gasteiger partial charge in [0.1, 0.15) is 6.54 Å². The van der Waals surface area contributed by atoms with Crippen LogP contribution in [0.2, 0.25) is 0 Å². The molecule has 0 saturated carbocycles. The van der Waals surface area contributed by atoms with Crippen LogP contribution in [0, 0.1) is 0 Å². The van der Waals surface area contributed by atoms with Crippen LogP contribution >= 0.6 is 0 Å². The zero-order valence-electron chi connectivity index (χ0n) is 11.0. The van der Waals surface area contributed by atoms with Crippen LogP contribution < -0.4 is 11.1 Å². The van der Waals surface area contributed by atoms with Crippen molar-refractivity contribution >= 4 is 27.2 Å². The monoisotopic (exact) mass is 306 g/mol. The van der Waals surface area contributed by atoms with Gasteiger partial charge in [-0.15, -0.1) is 0 Å². The summed E-state index contributed by atoms with van der Waals surface area (Å²) in [6.07, 6.45) is 0. The maximum atomic E-state index is 12.6. The number of nitrogens with one attached hydrogen (secondary N) is 1. The van der Waals surface area contributed by atoms with Crippen molar-refractivity contribution in [2.75, 3.05) is 17.6 Å². The Morgan fingerprint density at radius 1 is 1.14 bits per heavy atom. The van der Waals surface area contributed by atoms with Crippen LogP contribution in [0.4, 0.5) is 11.4 Å². The third-order valence-electron chi connectivity index (χ3n) is 2.78. The minimum absolute atomic E-state index is 0.0110. The first-order chi connectivity index (χ1) is 9.91. The van der Waals surface area contributed by atoms with Crippen LogP contribution in [0.3, 0.4) is 0 Å². The maximum absolute atomic E-state index is 12.6. The Morgan fingerprint density at radius 3 is 2.52 bits per heavy atom. The zero-order chi connectivity index (χ0) is 15.5. The summed E-state index contributed by atoms with van der Waals surface area (Å²) in [5.74, 6) is -1.08. The predicted molar refractivity (Wildman–Crippen MR) is 78.9 cm³/mol. The lowest BCUT2D eigenvalue weighted by molar-refractivity contribution is -0.134. The molecule has 0 unspecified atom stereocenters. The second-order valence-corrected chi connectivity index (χ2v) is 6.24. The van der Waals surface area contributed by atoms with Gasteiger partial charge in [-0.25, -0.2) is 8.42 Å². The summed E-state index contributed by atoms with van der Waals surface area (Å²) in [6.45, 7) is -0.372. The molecule has 0 aliphatic rings. The highest BCUT2D eigenvalue weighted by Gasteiger charge is 2.21. The average Bonchev–Trinajstić information content (AvgIpc) is 2.45. The highest BCUT2D eigenvalue weighted by atomic mass is 32.2. The fourth-order valence-electron chi connectivity index (χ4n) is 1.83. The van der Waals surface area contributed by atoms with Crippen LogP contribution in [0.15, 0.2) is 58.3 Å². The number of nitrogen functional groups attached to an aromatic ring is 1. The summed E-state index contributed by atoms with van der Waals surface area (Å²) in [7, 11) is -3.78. The molecular weight excluding hydrogens is 292 g/mol. The highest BCUT2D eigenvalue weighted by Crippen LogP contribution is 2.28. The molecule has 110 valence electrons. The maximum Gasteiger partial charge on any atom is 0.322 e. The van der Waals surface area contributed by atoms with E-state index in [4.69, 9.17) is 10.8 Å². The van der Waals surface area contributed by atoms with Crippen LogP contribution in [0.5, 0.6) is 0 Å². The Bertz CT molecular complexity index is 772. The quantitative estimate of drug-likeness (QED) is 0.724.